The quantitative estimate of drug-likeness (QED) is 0.811. The molecule has 0 unspecified atom stereocenters. The molecule has 4 nitrogen and oxygen atoms in total. The average molecular weight is 273 g/mol. The third kappa shape index (κ3) is 5.64. The van der Waals surface area contributed by atoms with Gasteiger partial charge in [-0.05, 0) is 28.1 Å². The van der Waals surface area contributed by atoms with E-state index in [4.69, 9.17) is 10.2 Å². The van der Waals surface area contributed by atoms with Crippen LogP contribution in [-0.2, 0) is 4.79 Å². The molecular weight excluding hydrogens is 264 g/mol. The van der Waals surface area contributed by atoms with Crippen molar-refractivity contribution < 1.29 is 19.8 Å². The highest BCUT2D eigenvalue weighted by Gasteiger charge is 2.04. The van der Waals surface area contributed by atoms with Crippen molar-refractivity contribution in [2.75, 3.05) is 0 Å². The predicted molar refractivity (Wildman–Crippen MR) is 58.9 cm³/mol. The van der Waals surface area contributed by atoms with E-state index >= 15 is 0 Å². The second-order valence-corrected chi connectivity index (χ2v) is 3.18. The van der Waals surface area contributed by atoms with Gasteiger partial charge in [0.2, 0.25) is 0 Å². The Morgan fingerprint density at radius 1 is 1.27 bits per heavy atom. The van der Waals surface area contributed by atoms with Gasteiger partial charge in [0.05, 0.1) is 5.56 Å². The topological polar surface area (TPSA) is 74.6 Å². The molecule has 80 valence electrons. The van der Waals surface area contributed by atoms with Crippen molar-refractivity contribution in [3.8, 4) is 0 Å². The molecule has 0 atom stereocenters. The zero-order valence-electron chi connectivity index (χ0n) is 7.68. The molecule has 5 heteroatoms. The summed E-state index contributed by atoms with van der Waals surface area (Å²) in [7, 11) is 0. The van der Waals surface area contributed by atoms with Crippen LogP contribution >= 0.6 is 15.9 Å². The second kappa shape index (κ2) is 6.78. The SMILES string of the molecule is C=CC(=O)O.O=C(O)c1ccccc1Br. The molecule has 0 saturated carbocycles. The van der Waals surface area contributed by atoms with Gasteiger partial charge in [-0.2, -0.15) is 0 Å². The molecule has 0 amide bonds. The highest BCUT2D eigenvalue weighted by molar-refractivity contribution is 9.10. The van der Waals surface area contributed by atoms with Crippen LogP contribution in [0.1, 0.15) is 10.4 Å². The number of halogens is 1. The lowest BCUT2D eigenvalue weighted by Crippen LogP contribution is -1.95. The van der Waals surface area contributed by atoms with E-state index in [0.29, 0.717) is 10.0 Å². The minimum atomic E-state index is -0.981. The van der Waals surface area contributed by atoms with Crippen LogP contribution in [0.3, 0.4) is 0 Å². The van der Waals surface area contributed by atoms with E-state index in [1.54, 1.807) is 24.3 Å². The Hall–Kier alpha value is -1.62. The minimum absolute atomic E-state index is 0.294. The lowest BCUT2D eigenvalue weighted by Gasteiger charge is -1.94. The van der Waals surface area contributed by atoms with E-state index in [2.05, 4.69) is 22.5 Å². The van der Waals surface area contributed by atoms with Gasteiger partial charge in [-0.3, -0.25) is 0 Å². The van der Waals surface area contributed by atoms with Crippen molar-refractivity contribution >= 4 is 27.9 Å². The molecule has 0 spiro atoms. The van der Waals surface area contributed by atoms with Crippen molar-refractivity contribution in [1.29, 1.82) is 0 Å². The summed E-state index contributed by atoms with van der Waals surface area (Å²) in [5.74, 6) is -1.89. The number of aromatic carboxylic acids is 1. The van der Waals surface area contributed by atoms with Crippen molar-refractivity contribution in [3.63, 3.8) is 0 Å². The van der Waals surface area contributed by atoms with Gasteiger partial charge in [0.15, 0.2) is 0 Å². The second-order valence-electron chi connectivity index (χ2n) is 2.33. The first-order valence-corrected chi connectivity index (χ1v) is 4.61. The minimum Gasteiger partial charge on any atom is -0.478 e. The molecular formula is C10H9BrO4. The molecule has 1 aromatic rings. The number of carboxylic acid groups (broad SMARTS) is 2. The fraction of sp³-hybridized carbons (Fsp3) is 0. The molecule has 0 radical (unpaired) electrons. The molecule has 0 fully saturated rings. The molecule has 0 aliphatic rings. The van der Waals surface area contributed by atoms with Crippen molar-refractivity contribution in [3.05, 3.63) is 47.0 Å². The van der Waals surface area contributed by atoms with E-state index in [0.717, 1.165) is 6.08 Å². The van der Waals surface area contributed by atoms with Crippen LogP contribution in [0.5, 0.6) is 0 Å². The maximum absolute atomic E-state index is 10.4. The van der Waals surface area contributed by atoms with Crippen LogP contribution in [0.25, 0.3) is 0 Å². The highest BCUT2D eigenvalue weighted by atomic mass is 79.9. The van der Waals surface area contributed by atoms with Crippen molar-refractivity contribution in [2.45, 2.75) is 0 Å². The molecule has 0 heterocycles. The molecule has 1 rings (SSSR count). The van der Waals surface area contributed by atoms with Crippen LogP contribution in [0.15, 0.2) is 41.4 Å². The van der Waals surface area contributed by atoms with Gasteiger partial charge in [-0.25, -0.2) is 9.59 Å². The van der Waals surface area contributed by atoms with Gasteiger partial charge < -0.3 is 10.2 Å². The molecule has 0 aliphatic carbocycles. The predicted octanol–water partition coefficient (Wildman–Crippen LogP) is 2.40. The first-order valence-electron chi connectivity index (χ1n) is 3.82. The number of hydrogen-bond donors (Lipinski definition) is 2. The average Bonchev–Trinajstić information content (AvgIpc) is 2.19. The third-order valence-electron chi connectivity index (χ3n) is 1.28. The molecule has 0 aromatic heterocycles. The standard InChI is InChI=1S/C7H5BrO2.C3H4O2/c8-6-4-2-1-3-5(6)7(9)10;1-2-3(4)5/h1-4H,(H,9,10);2H,1H2,(H,4,5). The lowest BCUT2D eigenvalue weighted by molar-refractivity contribution is -0.131. The normalized spacial score (nSPS) is 8.33. The maximum Gasteiger partial charge on any atom is 0.336 e. The summed E-state index contributed by atoms with van der Waals surface area (Å²) in [4.78, 5) is 19.6. The number of rotatable bonds is 2. The Morgan fingerprint density at radius 3 is 2.00 bits per heavy atom. The summed E-state index contributed by atoms with van der Waals surface area (Å²) in [6, 6.07) is 6.71. The fourth-order valence-corrected chi connectivity index (χ4v) is 1.09. The fourth-order valence-electron chi connectivity index (χ4n) is 0.635. The molecule has 0 saturated heterocycles. The van der Waals surface area contributed by atoms with Gasteiger partial charge in [0, 0.05) is 10.5 Å². The Balaban J connectivity index is 0.000000336. The first kappa shape index (κ1) is 13.4. The molecule has 15 heavy (non-hydrogen) atoms. The highest BCUT2D eigenvalue weighted by Crippen LogP contribution is 2.14. The zero-order chi connectivity index (χ0) is 11.8. The number of carbonyl (C=O) groups is 2. The van der Waals surface area contributed by atoms with Crippen molar-refractivity contribution in [2.24, 2.45) is 0 Å². The molecule has 1 aromatic carbocycles. The summed E-state index contributed by atoms with van der Waals surface area (Å²) in [5, 5.41) is 16.1. The van der Waals surface area contributed by atoms with Crippen LogP contribution in [0, 0.1) is 0 Å². The number of benzene rings is 1. The van der Waals surface area contributed by atoms with Crippen molar-refractivity contribution in [1.82, 2.24) is 0 Å². The molecule has 0 bridgehead atoms. The van der Waals surface area contributed by atoms with E-state index in [1.165, 1.54) is 0 Å². The van der Waals surface area contributed by atoms with Crippen LogP contribution < -0.4 is 0 Å². The zero-order valence-corrected chi connectivity index (χ0v) is 9.27. The van der Waals surface area contributed by atoms with E-state index in [-0.39, 0.29) is 0 Å². The summed E-state index contributed by atoms with van der Waals surface area (Å²) >= 11 is 3.12. The lowest BCUT2D eigenvalue weighted by atomic mass is 10.2. The van der Waals surface area contributed by atoms with E-state index in [1.807, 2.05) is 0 Å². The Kier molecular flexibility index (Phi) is 6.05. The largest absolute Gasteiger partial charge is 0.478 e. The van der Waals surface area contributed by atoms with Crippen LogP contribution in [0.4, 0.5) is 0 Å². The monoisotopic (exact) mass is 272 g/mol. The number of carboxylic acids is 2. The number of hydrogen-bond acceptors (Lipinski definition) is 2. The van der Waals surface area contributed by atoms with Gasteiger partial charge in [0.1, 0.15) is 0 Å². The third-order valence-corrected chi connectivity index (χ3v) is 1.97. The Labute approximate surface area is 95.0 Å². The first-order chi connectivity index (χ1) is 6.99. The Morgan fingerprint density at radius 2 is 1.73 bits per heavy atom. The van der Waals surface area contributed by atoms with Gasteiger partial charge in [-0.1, -0.05) is 18.7 Å². The van der Waals surface area contributed by atoms with E-state index < -0.39 is 11.9 Å². The molecule has 0 aliphatic heterocycles. The smallest absolute Gasteiger partial charge is 0.336 e. The summed E-state index contributed by atoms with van der Waals surface area (Å²) in [5.41, 5.74) is 0.294. The van der Waals surface area contributed by atoms with Gasteiger partial charge in [0.25, 0.3) is 0 Å². The summed E-state index contributed by atoms with van der Waals surface area (Å²) in [6.07, 6.45) is 0.833. The molecule has 2 N–H and O–H groups in total. The van der Waals surface area contributed by atoms with E-state index in [9.17, 15) is 9.59 Å². The number of aliphatic carboxylic acids is 1. The van der Waals surface area contributed by atoms with Crippen LogP contribution in [0.2, 0.25) is 0 Å². The summed E-state index contributed by atoms with van der Waals surface area (Å²) < 4.78 is 0.613. The Bertz CT molecular complexity index is 373. The van der Waals surface area contributed by atoms with Gasteiger partial charge >= 0.3 is 11.9 Å². The maximum atomic E-state index is 10.4. The van der Waals surface area contributed by atoms with Gasteiger partial charge in [-0.15, -0.1) is 0 Å². The van der Waals surface area contributed by atoms with Crippen LogP contribution in [-0.4, -0.2) is 22.2 Å². The summed E-state index contributed by atoms with van der Waals surface area (Å²) in [6.45, 7) is 2.96.